The van der Waals surface area contributed by atoms with Crippen LogP contribution in [0.15, 0.2) is 247 Å². The van der Waals surface area contributed by atoms with Crippen LogP contribution in [0.4, 0.5) is 0 Å². The monoisotopic (exact) mass is 1650 g/mol. The fourth-order valence-electron chi connectivity index (χ4n) is 9.05. The molecule has 12 rings (SSSR count). The molecule has 0 aliphatic rings. The number of hydrogen-bond donors (Lipinski definition) is 0. The Morgan fingerprint density at radius 2 is 0.307 bits per heavy atom. The van der Waals surface area contributed by atoms with Crippen molar-refractivity contribution in [2.45, 2.75) is 41.5 Å². The van der Waals surface area contributed by atoms with Gasteiger partial charge in [-0.1, -0.05) is 109 Å². The quantitative estimate of drug-likeness (QED) is 0.212. The van der Waals surface area contributed by atoms with Gasteiger partial charge in [0.05, 0.1) is 34.1 Å². The zero-order chi connectivity index (χ0) is 60.8. The molecule has 0 bridgehead atoms. The van der Waals surface area contributed by atoms with Gasteiger partial charge in [-0.3, -0.25) is 56.9 Å². The third-order valence-electron chi connectivity index (χ3n) is 14.1. The second kappa shape index (κ2) is 35.2. The van der Waals surface area contributed by atoms with Crippen LogP contribution in [0.5, 0.6) is 0 Å². The van der Waals surface area contributed by atoms with Crippen LogP contribution in [-0.4, -0.2) is 56.2 Å². The van der Waals surface area contributed by atoms with Gasteiger partial charge < -0.3 is 71.9 Å². The van der Waals surface area contributed by atoms with Crippen LogP contribution in [0.1, 0.15) is 34.2 Å². The predicted octanol–water partition coefficient (Wildman–Crippen LogP) is -0.0815. The summed E-state index contributed by atoms with van der Waals surface area (Å²) in [5, 5.41) is 0. The Labute approximate surface area is 596 Å². The molecule has 0 N–H and O–H groups in total. The van der Waals surface area contributed by atoms with Crippen molar-refractivity contribution in [3.05, 3.63) is 315 Å². The number of para-hydroxylation sites is 6. The molecule has 22 heteroatoms. The van der Waals surface area contributed by atoms with E-state index in [9.17, 15) is 28.8 Å². The van der Waals surface area contributed by atoms with Gasteiger partial charge >= 0.3 is 41.7 Å². The van der Waals surface area contributed by atoms with E-state index in [2.05, 4.69) is 0 Å². The van der Waals surface area contributed by atoms with Gasteiger partial charge in [-0.15, -0.1) is 0 Å². The van der Waals surface area contributed by atoms with Crippen molar-refractivity contribution in [2.75, 3.05) is 0 Å². The smallest absolute Gasteiger partial charge is 1.00 e. The van der Waals surface area contributed by atoms with Gasteiger partial charge in [0, 0.05) is 113 Å². The largest absolute Gasteiger partial charge is 3.00 e. The summed E-state index contributed by atoms with van der Waals surface area (Å²) in [5.74, 6) is 0. The van der Waals surface area contributed by atoms with Crippen LogP contribution in [0.25, 0.3) is 34.1 Å². The summed E-state index contributed by atoms with van der Waals surface area (Å²) in [5.41, 5.74) is 11.2. The van der Waals surface area contributed by atoms with E-state index in [0.29, 0.717) is 0 Å². The van der Waals surface area contributed by atoms with Gasteiger partial charge in [0.25, 0.3) is 33.4 Å². The number of aromatic nitrogens is 12. The molecule has 1 radical (unpaired) electrons. The minimum Gasteiger partial charge on any atom is -1.00 e. The van der Waals surface area contributed by atoms with E-state index >= 15 is 0 Å². The van der Waals surface area contributed by atoms with Gasteiger partial charge in [0.2, 0.25) is 0 Å². The van der Waals surface area contributed by atoms with Crippen molar-refractivity contribution in [2.24, 2.45) is 42.3 Å². The molecule has 12 aromatic rings. The first kappa shape index (κ1) is 75.2. The van der Waals surface area contributed by atoms with Crippen molar-refractivity contribution < 1.29 is 114 Å². The summed E-state index contributed by atoms with van der Waals surface area (Å²) in [7, 11) is 11.3. The predicted molar refractivity (Wildman–Crippen MR) is 334 cm³/mol. The van der Waals surface area contributed by atoms with Gasteiger partial charge in [0.15, 0.2) is 0 Å². The first-order valence-corrected chi connectivity index (χ1v) is 27.1. The van der Waals surface area contributed by atoms with Gasteiger partial charge in [-0.2, -0.15) is 0 Å². The number of rotatable bonds is 6. The molecule has 88 heavy (non-hydrogen) atoms. The van der Waals surface area contributed by atoms with E-state index in [-0.39, 0.29) is 147 Å². The molecule has 18 nitrogen and oxygen atoms in total. The molecule has 0 amide bonds. The molecule has 6 heterocycles. The Morgan fingerprint density at radius 1 is 0.205 bits per heavy atom. The molecule has 0 spiro atoms. The summed E-state index contributed by atoms with van der Waals surface area (Å²) in [6.45, 7) is 11.5. The molecular weight excluding hydrogens is 1580 g/mol. The first-order valence-electron chi connectivity index (χ1n) is 27.1. The minimum atomic E-state index is 0. The van der Waals surface area contributed by atoms with E-state index in [0.717, 1.165) is 68.3 Å². The van der Waals surface area contributed by atoms with Crippen LogP contribution in [0.2, 0.25) is 0 Å². The normalized spacial score (nSPS) is 9.95. The van der Waals surface area contributed by atoms with Crippen molar-refractivity contribution in [3.63, 3.8) is 0 Å². The average Bonchev–Trinajstić information content (AvgIpc) is 3.52. The third kappa shape index (κ3) is 18.5. The maximum atomic E-state index is 11.6. The molecule has 0 saturated heterocycles. The topological polar surface area (TPSA) is 162 Å². The molecule has 0 fully saturated rings. The van der Waals surface area contributed by atoms with Crippen molar-refractivity contribution in [3.8, 4) is 34.1 Å². The molecule has 6 aromatic heterocycles. The van der Waals surface area contributed by atoms with Crippen LogP contribution in [0.3, 0.4) is 0 Å². The van der Waals surface area contributed by atoms with Crippen molar-refractivity contribution in [1.82, 2.24) is 56.2 Å². The number of hydrogen-bond acceptors (Lipinski definition) is 6. The summed E-state index contributed by atoms with van der Waals surface area (Å²) >= 11 is 0. The Kier molecular flexibility index (Phi) is 30.1. The summed E-state index contributed by atoms with van der Waals surface area (Å²) < 4.78 is 21.0. The number of aryl methyl sites for hydroxylation is 6. The Morgan fingerprint density at radius 3 is 0.386 bits per heavy atom. The van der Waals surface area contributed by atoms with Crippen LogP contribution in [-0.2, 0) is 42.3 Å². The molecule has 0 aliphatic heterocycles. The first-order chi connectivity index (χ1) is 40.2. The second-order valence-electron chi connectivity index (χ2n) is 19.8. The second-order valence-corrected chi connectivity index (χ2v) is 19.8. The summed E-state index contributed by atoms with van der Waals surface area (Å²) in [6, 6.07) is 67.5. The SMILES string of the molecule is Cc1cc(=O)n(-c2ccccc2)n1C.Cc1cc(=O)n(-c2ccccc2)n1C.Cc1cc(=O)n(-c2ccccc2)n1C.Cc1cc(=O)n(-c2ccccc2)n1C.Cc1cc(=O)n(-c2ccccc2)n1C.Cc1cc(=O)n(-c2ccccc2)n1C.[Ce+3].[I-].[I-].[I-]. The van der Waals surface area contributed by atoms with Crippen LogP contribution >= 0.6 is 0 Å². The molecular formula is C66H72CeI3N12O6. The number of halogens is 3. The van der Waals surface area contributed by atoms with E-state index in [1.165, 1.54) is 0 Å². The Hall–Kier alpha value is -7.05. The zero-order valence-electron chi connectivity index (χ0n) is 51.2. The Balaban J connectivity index is 0.000000274. The maximum Gasteiger partial charge on any atom is 3.00 e. The Bertz CT molecular complexity index is 3730. The molecule has 0 saturated carbocycles. The molecule has 6 aromatic carbocycles. The van der Waals surface area contributed by atoms with Crippen LogP contribution < -0.4 is 105 Å². The van der Waals surface area contributed by atoms with E-state index in [1.54, 1.807) is 64.5 Å². The standard InChI is InChI=1S/6C11H12N2O.Ce.3HI/c6*1-9-8-11(14)13(12(9)2)10-6-4-3-5-7-10;;;;/h6*3-8H,1-2H3;;3*1H/q;;;;;;+3;;;/p-3. The van der Waals surface area contributed by atoms with Gasteiger partial charge in [0.1, 0.15) is 0 Å². The third-order valence-corrected chi connectivity index (χ3v) is 14.1. The van der Waals surface area contributed by atoms with Gasteiger partial charge in [-0.25, -0.2) is 28.1 Å². The van der Waals surface area contributed by atoms with E-state index < -0.39 is 0 Å². The molecule has 457 valence electrons. The van der Waals surface area contributed by atoms with E-state index in [1.807, 2.05) is 294 Å². The summed E-state index contributed by atoms with van der Waals surface area (Å²) in [4.78, 5) is 69.6. The fourth-order valence-corrected chi connectivity index (χ4v) is 9.05. The molecule has 0 aliphatic carbocycles. The number of benzene rings is 6. The zero-order valence-corrected chi connectivity index (χ0v) is 60.8. The van der Waals surface area contributed by atoms with Gasteiger partial charge in [-0.05, 0) is 114 Å². The number of nitrogens with zero attached hydrogens (tertiary/aromatic N) is 12. The molecule has 0 unspecified atom stereocenters. The van der Waals surface area contributed by atoms with Crippen LogP contribution in [0, 0.1) is 83.3 Å². The van der Waals surface area contributed by atoms with Crippen molar-refractivity contribution >= 4 is 0 Å². The van der Waals surface area contributed by atoms with E-state index in [4.69, 9.17) is 0 Å². The van der Waals surface area contributed by atoms with Crippen molar-refractivity contribution in [1.29, 1.82) is 0 Å². The molecule has 0 atom stereocenters. The minimum absolute atomic E-state index is 0. The average molecular weight is 1650 g/mol. The maximum absolute atomic E-state index is 11.6. The summed E-state index contributed by atoms with van der Waals surface area (Å²) in [6.07, 6.45) is 0. The fraction of sp³-hybridized carbons (Fsp3) is 0.182.